The fraction of sp³-hybridized carbons (Fsp3) is 0.333. The average Bonchev–Trinajstić information content (AvgIpc) is 3.64. The second-order valence-corrected chi connectivity index (χ2v) is 11.7. The lowest BCUT2D eigenvalue weighted by molar-refractivity contribution is -0.0590. The lowest BCUT2D eigenvalue weighted by atomic mass is 9.86. The number of furan rings is 1. The van der Waals surface area contributed by atoms with E-state index in [4.69, 9.17) is 30.5 Å². The van der Waals surface area contributed by atoms with Crippen molar-refractivity contribution in [2.45, 2.75) is 57.8 Å². The van der Waals surface area contributed by atoms with E-state index >= 15 is 0 Å². The molecule has 0 bridgehead atoms. The number of allylic oxidation sites excluding steroid dienone is 2. The van der Waals surface area contributed by atoms with Gasteiger partial charge in [-0.1, -0.05) is 23.7 Å². The van der Waals surface area contributed by atoms with Crippen LogP contribution in [-0.2, 0) is 24.3 Å². The molecule has 4 heterocycles. The highest BCUT2D eigenvalue weighted by molar-refractivity contribution is 6.35. The number of ether oxygens (including phenoxy) is 2. The van der Waals surface area contributed by atoms with Gasteiger partial charge in [0.2, 0.25) is 5.82 Å². The van der Waals surface area contributed by atoms with E-state index in [0.29, 0.717) is 28.9 Å². The third-order valence-electron chi connectivity index (χ3n) is 8.56. The average molecular weight is 617 g/mol. The Bertz CT molecular complexity index is 1900. The van der Waals surface area contributed by atoms with Crippen LogP contribution in [-0.4, -0.2) is 43.3 Å². The van der Waals surface area contributed by atoms with Crippen LogP contribution in [0.5, 0.6) is 5.88 Å². The second kappa shape index (κ2) is 12.0. The van der Waals surface area contributed by atoms with Gasteiger partial charge in [0.25, 0.3) is 5.88 Å². The molecule has 11 heteroatoms. The largest absolute Gasteiger partial charge is 0.478 e. The van der Waals surface area contributed by atoms with Crippen molar-refractivity contribution in [3.05, 3.63) is 88.5 Å². The predicted octanol–water partition coefficient (Wildman–Crippen LogP) is 7.25. The van der Waals surface area contributed by atoms with Gasteiger partial charge in [-0.2, -0.15) is 9.37 Å². The smallest absolute Gasteiger partial charge is 0.335 e. The molecule has 0 amide bonds. The Morgan fingerprint density at radius 2 is 2.07 bits per heavy atom. The van der Waals surface area contributed by atoms with Crippen LogP contribution in [0.3, 0.4) is 0 Å². The summed E-state index contributed by atoms with van der Waals surface area (Å²) in [7, 11) is 0. The molecule has 44 heavy (non-hydrogen) atoms. The Morgan fingerprint density at radius 1 is 1.18 bits per heavy atom. The lowest BCUT2D eigenvalue weighted by Gasteiger charge is -2.28. The Labute approximate surface area is 257 Å². The normalized spacial score (nSPS) is 18.4. The molecule has 1 unspecified atom stereocenters. The first-order valence-electron chi connectivity index (χ1n) is 14.8. The summed E-state index contributed by atoms with van der Waals surface area (Å²) < 4.78 is 33.7. The molecule has 2 aromatic carbocycles. The zero-order valence-electron chi connectivity index (χ0n) is 23.8. The van der Waals surface area contributed by atoms with Crippen LogP contribution in [0.15, 0.2) is 59.4 Å². The predicted molar refractivity (Wildman–Crippen MR) is 162 cm³/mol. The third kappa shape index (κ3) is 5.67. The summed E-state index contributed by atoms with van der Waals surface area (Å²) in [6.07, 6.45) is 10.2. The van der Waals surface area contributed by atoms with Crippen LogP contribution in [0, 0.1) is 11.7 Å². The van der Waals surface area contributed by atoms with Crippen LogP contribution in [0.2, 0.25) is 5.02 Å². The summed E-state index contributed by atoms with van der Waals surface area (Å²) in [6.45, 7) is 1.50. The van der Waals surface area contributed by atoms with E-state index < -0.39 is 11.8 Å². The molecule has 2 aliphatic rings. The summed E-state index contributed by atoms with van der Waals surface area (Å²) in [6, 6.07) is 10.4. The van der Waals surface area contributed by atoms with E-state index in [9.17, 15) is 14.3 Å². The topological polar surface area (TPSA) is 113 Å². The Balaban J connectivity index is 1.02. The van der Waals surface area contributed by atoms with E-state index in [1.54, 1.807) is 42.7 Å². The standard InChI is InChI=1S/C33H30ClFN4O5/c34-25-8-6-22(30-24(25)12-14-43-30)18-44-32-26(35)16-36-31(38-32)20-4-1-19(2-5-20)3-10-29-37-27-9-7-21(33(40)41)15-28(27)39(29)17-23-11-13-42-23/h4,6-9,12,14-16,19,23H,1-3,5,10-11,13,17-18H2,(H,40,41)/t19?,23-/m0/s1. The fourth-order valence-corrected chi connectivity index (χ4v) is 6.18. The van der Waals surface area contributed by atoms with Crippen molar-refractivity contribution in [3.63, 3.8) is 0 Å². The molecule has 3 aromatic heterocycles. The highest BCUT2D eigenvalue weighted by Crippen LogP contribution is 2.33. The van der Waals surface area contributed by atoms with E-state index in [1.165, 1.54) is 0 Å². The summed E-state index contributed by atoms with van der Waals surface area (Å²) in [5.74, 6) is 0.177. The maximum Gasteiger partial charge on any atom is 0.335 e. The van der Waals surface area contributed by atoms with Gasteiger partial charge >= 0.3 is 5.97 Å². The van der Waals surface area contributed by atoms with E-state index in [2.05, 4.69) is 20.6 Å². The number of aryl methyl sites for hydroxylation is 1. The van der Waals surface area contributed by atoms with E-state index in [1.807, 2.05) is 0 Å². The Kier molecular flexibility index (Phi) is 7.78. The third-order valence-corrected chi connectivity index (χ3v) is 8.89. The minimum absolute atomic E-state index is 0.0743. The van der Waals surface area contributed by atoms with Gasteiger partial charge in [0, 0.05) is 24.0 Å². The number of rotatable bonds is 10. The zero-order chi connectivity index (χ0) is 30.2. The second-order valence-electron chi connectivity index (χ2n) is 11.3. The number of halogens is 2. The molecule has 1 aliphatic heterocycles. The number of carboxylic acid groups (broad SMARTS) is 1. The molecule has 1 saturated heterocycles. The SMILES string of the molecule is O=C(O)c1ccc2nc(CCC3CC=C(c4ncc(F)c(OCc5ccc(Cl)c6ccoc56)n4)CC3)n(C[C@@H]3CCO3)c2c1. The molecule has 5 aromatic rings. The van der Waals surface area contributed by atoms with Crippen molar-refractivity contribution in [3.8, 4) is 5.88 Å². The Morgan fingerprint density at radius 3 is 2.84 bits per heavy atom. The van der Waals surface area contributed by atoms with E-state index in [-0.39, 0.29) is 24.2 Å². The number of aromatic nitrogens is 4. The molecular weight excluding hydrogens is 587 g/mol. The molecule has 1 fully saturated rings. The van der Waals surface area contributed by atoms with Gasteiger partial charge in [0.05, 0.1) is 46.7 Å². The van der Waals surface area contributed by atoms with Gasteiger partial charge in [0.15, 0.2) is 5.82 Å². The minimum Gasteiger partial charge on any atom is -0.478 e. The van der Waals surface area contributed by atoms with Crippen LogP contribution in [0.4, 0.5) is 4.39 Å². The number of carboxylic acids is 1. The maximum atomic E-state index is 14.6. The summed E-state index contributed by atoms with van der Waals surface area (Å²) in [5.41, 5.74) is 4.20. The molecule has 0 spiro atoms. The van der Waals surface area contributed by atoms with Gasteiger partial charge < -0.3 is 23.6 Å². The van der Waals surface area contributed by atoms with Gasteiger partial charge in [-0.3, -0.25) is 0 Å². The number of benzene rings is 2. The molecule has 0 radical (unpaired) electrons. The first kappa shape index (κ1) is 28.5. The van der Waals surface area contributed by atoms with Gasteiger partial charge in [0.1, 0.15) is 18.0 Å². The highest BCUT2D eigenvalue weighted by atomic mass is 35.5. The number of fused-ring (bicyclic) bond motifs is 2. The van der Waals surface area contributed by atoms with Crippen molar-refractivity contribution < 1.29 is 28.2 Å². The molecule has 1 N–H and O–H groups in total. The van der Waals surface area contributed by atoms with Crippen molar-refractivity contribution in [1.82, 2.24) is 19.5 Å². The van der Waals surface area contributed by atoms with Crippen LogP contribution < -0.4 is 4.74 Å². The van der Waals surface area contributed by atoms with Crippen molar-refractivity contribution in [1.29, 1.82) is 0 Å². The number of nitrogens with zero attached hydrogens (tertiary/aromatic N) is 4. The molecule has 0 saturated carbocycles. The fourth-order valence-electron chi connectivity index (χ4n) is 5.97. The number of aromatic carboxylic acids is 1. The first-order chi connectivity index (χ1) is 21.4. The number of carbonyl (C=O) groups is 1. The van der Waals surface area contributed by atoms with Crippen molar-refractivity contribution in [2.75, 3.05) is 6.61 Å². The minimum atomic E-state index is -0.952. The molecule has 2 atom stereocenters. The molecular formula is C33H30ClFN4O5. The van der Waals surface area contributed by atoms with Crippen molar-refractivity contribution in [2.24, 2.45) is 5.92 Å². The molecule has 9 nitrogen and oxygen atoms in total. The Hall–Kier alpha value is -4.28. The van der Waals surface area contributed by atoms with Gasteiger partial charge in [-0.15, -0.1) is 0 Å². The number of hydrogen-bond donors (Lipinski definition) is 1. The van der Waals surface area contributed by atoms with Crippen LogP contribution >= 0.6 is 11.6 Å². The van der Waals surface area contributed by atoms with Crippen LogP contribution in [0.25, 0.3) is 27.6 Å². The zero-order valence-corrected chi connectivity index (χ0v) is 24.6. The van der Waals surface area contributed by atoms with E-state index in [0.717, 1.165) is 84.7 Å². The maximum absolute atomic E-state index is 14.6. The van der Waals surface area contributed by atoms with Crippen LogP contribution in [0.1, 0.15) is 59.7 Å². The first-order valence-corrected chi connectivity index (χ1v) is 15.1. The van der Waals surface area contributed by atoms with Gasteiger partial charge in [-0.25, -0.2) is 14.8 Å². The van der Waals surface area contributed by atoms with Gasteiger partial charge in [-0.05, 0) is 73.9 Å². The monoisotopic (exact) mass is 616 g/mol. The summed E-state index contributed by atoms with van der Waals surface area (Å²) in [4.78, 5) is 25.1. The lowest BCUT2D eigenvalue weighted by Crippen LogP contribution is -2.31. The number of hydrogen-bond acceptors (Lipinski definition) is 7. The summed E-state index contributed by atoms with van der Waals surface area (Å²) >= 11 is 6.23. The summed E-state index contributed by atoms with van der Waals surface area (Å²) in [5, 5.41) is 10.8. The molecule has 226 valence electrons. The quantitative estimate of drug-likeness (QED) is 0.175. The van der Waals surface area contributed by atoms with Crippen molar-refractivity contribution >= 4 is 45.1 Å². The molecule has 1 aliphatic carbocycles. The molecule has 7 rings (SSSR count). The highest BCUT2D eigenvalue weighted by Gasteiger charge is 2.24. The number of imidazole rings is 1.